The third-order valence-corrected chi connectivity index (χ3v) is 4.92. The lowest BCUT2D eigenvalue weighted by Crippen LogP contribution is -2.17. The van der Waals surface area contributed by atoms with Gasteiger partial charge in [-0.15, -0.1) is 0 Å². The Hall–Kier alpha value is -3.18. The molecule has 5 heteroatoms. The van der Waals surface area contributed by atoms with Crippen LogP contribution in [0.15, 0.2) is 65.3 Å². The van der Waals surface area contributed by atoms with Crippen molar-refractivity contribution < 1.29 is 4.52 Å². The van der Waals surface area contributed by atoms with Gasteiger partial charge in [0, 0.05) is 29.9 Å². The highest BCUT2D eigenvalue weighted by atomic mass is 16.5. The Morgan fingerprint density at radius 1 is 0.931 bits per heavy atom. The fraction of sp³-hybridized carbons (Fsp3) is 0.250. The summed E-state index contributed by atoms with van der Waals surface area (Å²) in [5, 5.41) is 8.92. The molecule has 5 nitrogen and oxygen atoms in total. The molecule has 0 bridgehead atoms. The van der Waals surface area contributed by atoms with Crippen molar-refractivity contribution in [2.24, 2.45) is 0 Å². The summed E-state index contributed by atoms with van der Waals surface area (Å²) in [5.74, 6) is 0.869. The van der Waals surface area contributed by atoms with Crippen LogP contribution in [0.3, 0.4) is 0 Å². The fourth-order valence-corrected chi connectivity index (χ4v) is 3.49. The van der Waals surface area contributed by atoms with E-state index in [1.807, 2.05) is 17.7 Å². The molecule has 0 saturated heterocycles. The van der Waals surface area contributed by atoms with Gasteiger partial charge in [0.2, 0.25) is 0 Å². The molecule has 148 valence electrons. The number of nitrogens with zero attached hydrogens (tertiary/aromatic N) is 4. The van der Waals surface area contributed by atoms with E-state index in [0.29, 0.717) is 6.54 Å². The topological polar surface area (TPSA) is 47.1 Å². The van der Waals surface area contributed by atoms with Gasteiger partial charge in [-0.3, -0.25) is 4.90 Å². The van der Waals surface area contributed by atoms with Gasteiger partial charge in [0.15, 0.2) is 5.76 Å². The summed E-state index contributed by atoms with van der Waals surface area (Å²) in [6.07, 6.45) is 2.13. The minimum absolute atomic E-state index is 0.698. The van der Waals surface area contributed by atoms with Gasteiger partial charge in [0.05, 0.1) is 23.6 Å². The molecule has 2 aromatic carbocycles. The van der Waals surface area contributed by atoms with Crippen molar-refractivity contribution in [1.82, 2.24) is 19.8 Å². The summed E-state index contributed by atoms with van der Waals surface area (Å²) in [5.41, 5.74) is 7.75. The van der Waals surface area contributed by atoms with E-state index in [9.17, 15) is 0 Å². The number of hydrogen-bond acceptors (Lipinski definition) is 4. The van der Waals surface area contributed by atoms with E-state index >= 15 is 0 Å². The van der Waals surface area contributed by atoms with Crippen LogP contribution >= 0.6 is 0 Å². The summed E-state index contributed by atoms with van der Waals surface area (Å²) in [4.78, 5) is 2.22. The lowest BCUT2D eigenvalue weighted by molar-refractivity contribution is 0.266. The molecule has 0 fully saturated rings. The Morgan fingerprint density at radius 2 is 1.72 bits per heavy atom. The normalized spacial score (nSPS) is 11.3. The lowest BCUT2D eigenvalue weighted by Gasteiger charge is -2.14. The second kappa shape index (κ2) is 8.05. The van der Waals surface area contributed by atoms with Crippen LogP contribution in [0.1, 0.15) is 28.1 Å². The predicted octanol–water partition coefficient (Wildman–Crippen LogP) is 5.08. The van der Waals surface area contributed by atoms with E-state index in [0.717, 1.165) is 34.9 Å². The smallest absolute Gasteiger partial charge is 0.150 e. The first kappa shape index (κ1) is 19.2. The van der Waals surface area contributed by atoms with Crippen LogP contribution < -0.4 is 0 Å². The third kappa shape index (κ3) is 4.46. The molecular formula is C24H26N4O. The molecule has 0 unspecified atom stereocenters. The third-order valence-electron chi connectivity index (χ3n) is 4.92. The minimum Gasteiger partial charge on any atom is -0.360 e. The van der Waals surface area contributed by atoms with E-state index in [1.165, 1.54) is 16.7 Å². The average Bonchev–Trinajstić information content (AvgIpc) is 3.28. The van der Waals surface area contributed by atoms with Gasteiger partial charge < -0.3 is 4.52 Å². The fourth-order valence-electron chi connectivity index (χ4n) is 3.49. The van der Waals surface area contributed by atoms with Crippen molar-refractivity contribution in [3.05, 3.63) is 88.9 Å². The largest absolute Gasteiger partial charge is 0.360 e. The maximum absolute atomic E-state index is 5.38. The highest BCUT2D eigenvalue weighted by Gasteiger charge is 2.15. The highest BCUT2D eigenvalue weighted by Crippen LogP contribution is 2.26. The van der Waals surface area contributed by atoms with Crippen molar-refractivity contribution in [2.45, 2.75) is 33.9 Å². The monoisotopic (exact) mass is 386 g/mol. The summed E-state index contributed by atoms with van der Waals surface area (Å²) in [6, 6.07) is 18.9. The SMILES string of the molecule is Cc1ccc(-n2cc(CN(C)Cc3cc(C)no3)c(-c3cccc(C)c3)n2)cc1. The van der Waals surface area contributed by atoms with E-state index < -0.39 is 0 Å². The van der Waals surface area contributed by atoms with Crippen molar-refractivity contribution in [1.29, 1.82) is 0 Å². The Bertz CT molecular complexity index is 1110. The van der Waals surface area contributed by atoms with Crippen molar-refractivity contribution in [2.75, 3.05) is 7.05 Å². The first-order valence-corrected chi connectivity index (χ1v) is 9.81. The van der Waals surface area contributed by atoms with Gasteiger partial charge >= 0.3 is 0 Å². The Balaban J connectivity index is 1.67. The van der Waals surface area contributed by atoms with Gasteiger partial charge in [-0.1, -0.05) is 46.6 Å². The summed E-state index contributed by atoms with van der Waals surface area (Å²) >= 11 is 0. The van der Waals surface area contributed by atoms with Gasteiger partial charge in [-0.25, -0.2) is 4.68 Å². The Labute approximate surface area is 171 Å². The van der Waals surface area contributed by atoms with E-state index in [-0.39, 0.29) is 0 Å². The van der Waals surface area contributed by atoms with E-state index in [1.54, 1.807) is 0 Å². The molecular weight excluding hydrogens is 360 g/mol. The van der Waals surface area contributed by atoms with Crippen molar-refractivity contribution in [3.63, 3.8) is 0 Å². The maximum atomic E-state index is 5.38. The zero-order valence-corrected chi connectivity index (χ0v) is 17.4. The van der Waals surface area contributed by atoms with Gasteiger partial charge in [-0.2, -0.15) is 5.10 Å². The zero-order chi connectivity index (χ0) is 20.4. The molecule has 0 aliphatic carbocycles. The van der Waals surface area contributed by atoms with Crippen LogP contribution in [0.4, 0.5) is 0 Å². The molecule has 0 atom stereocenters. The van der Waals surface area contributed by atoms with Crippen LogP contribution in [0, 0.1) is 20.8 Å². The van der Waals surface area contributed by atoms with Crippen molar-refractivity contribution >= 4 is 0 Å². The first-order valence-electron chi connectivity index (χ1n) is 9.81. The number of hydrogen-bond donors (Lipinski definition) is 0. The standard InChI is InChI=1S/C24H26N4O/c1-17-8-10-22(11-9-17)28-15-21(14-27(4)16-23-13-19(3)26-29-23)24(25-28)20-7-5-6-18(2)12-20/h5-13,15H,14,16H2,1-4H3. The van der Waals surface area contributed by atoms with Crippen LogP contribution in [-0.2, 0) is 13.1 Å². The van der Waals surface area contributed by atoms with Crippen LogP contribution in [0.25, 0.3) is 16.9 Å². The molecule has 2 aromatic heterocycles. The predicted molar refractivity (Wildman–Crippen MR) is 115 cm³/mol. The van der Waals surface area contributed by atoms with Gasteiger partial charge in [-0.05, 0) is 46.0 Å². The first-order chi connectivity index (χ1) is 14.0. The number of aromatic nitrogens is 3. The number of benzene rings is 2. The lowest BCUT2D eigenvalue weighted by atomic mass is 10.1. The number of aryl methyl sites for hydroxylation is 3. The Kier molecular flexibility index (Phi) is 5.32. The van der Waals surface area contributed by atoms with Crippen LogP contribution in [-0.4, -0.2) is 26.9 Å². The molecule has 0 amide bonds. The molecule has 0 spiro atoms. The van der Waals surface area contributed by atoms with Crippen molar-refractivity contribution in [3.8, 4) is 16.9 Å². The minimum atomic E-state index is 0.698. The molecule has 0 radical (unpaired) electrons. The molecule has 0 saturated carbocycles. The molecule has 2 heterocycles. The molecule has 4 rings (SSSR count). The summed E-state index contributed by atoms with van der Waals surface area (Å²) in [7, 11) is 2.08. The molecule has 0 aliphatic rings. The zero-order valence-electron chi connectivity index (χ0n) is 17.4. The summed E-state index contributed by atoms with van der Waals surface area (Å²) < 4.78 is 7.35. The van der Waals surface area contributed by atoms with E-state index in [4.69, 9.17) is 9.62 Å². The van der Waals surface area contributed by atoms with Crippen LogP contribution in [0.2, 0.25) is 0 Å². The molecule has 0 aliphatic heterocycles. The van der Waals surface area contributed by atoms with Gasteiger partial charge in [0.25, 0.3) is 0 Å². The molecule has 0 N–H and O–H groups in total. The second-order valence-corrected chi connectivity index (χ2v) is 7.76. The highest BCUT2D eigenvalue weighted by molar-refractivity contribution is 5.64. The van der Waals surface area contributed by atoms with Crippen LogP contribution in [0.5, 0.6) is 0 Å². The maximum Gasteiger partial charge on any atom is 0.150 e. The molecule has 29 heavy (non-hydrogen) atoms. The second-order valence-electron chi connectivity index (χ2n) is 7.76. The quantitative estimate of drug-likeness (QED) is 0.463. The van der Waals surface area contributed by atoms with Gasteiger partial charge in [0.1, 0.15) is 0 Å². The number of rotatable bonds is 6. The Morgan fingerprint density at radius 3 is 2.41 bits per heavy atom. The van der Waals surface area contributed by atoms with E-state index in [2.05, 4.69) is 85.7 Å². The summed E-state index contributed by atoms with van der Waals surface area (Å²) in [6.45, 7) is 7.60. The average molecular weight is 386 g/mol. The molecule has 4 aromatic rings.